The van der Waals surface area contributed by atoms with E-state index < -0.39 is 0 Å². The SMILES string of the molecule is Cc1ccc(C2CC(=O)NC3=C2C(=O)CC(c2ccc(Cl)c(Cl)c2)C3)cc1Br. The quantitative estimate of drug-likeness (QED) is 0.569. The van der Waals surface area contributed by atoms with Gasteiger partial charge in [-0.05, 0) is 54.2 Å². The number of carbonyl (C=O) groups is 2. The van der Waals surface area contributed by atoms with Crippen molar-refractivity contribution in [1.82, 2.24) is 5.32 Å². The van der Waals surface area contributed by atoms with Gasteiger partial charge in [0.15, 0.2) is 5.78 Å². The van der Waals surface area contributed by atoms with Crippen LogP contribution in [0, 0.1) is 6.92 Å². The highest BCUT2D eigenvalue weighted by Gasteiger charge is 2.38. The Labute approximate surface area is 182 Å². The molecule has 3 nitrogen and oxygen atoms in total. The average Bonchev–Trinajstić information content (AvgIpc) is 2.65. The molecule has 4 rings (SSSR count). The molecule has 1 aliphatic carbocycles. The van der Waals surface area contributed by atoms with Crippen LogP contribution in [0.25, 0.3) is 0 Å². The van der Waals surface area contributed by atoms with E-state index in [2.05, 4.69) is 21.2 Å². The average molecular weight is 479 g/mol. The highest BCUT2D eigenvalue weighted by atomic mass is 79.9. The lowest BCUT2D eigenvalue weighted by Crippen LogP contribution is -2.38. The molecule has 0 bridgehead atoms. The Morgan fingerprint density at radius 2 is 1.71 bits per heavy atom. The molecule has 0 spiro atoms. The topological polar surface area (TPSA) is 46.2 Å². The third-order valence-corrected chi connectivity index (χ3v) is 7.14. The van der Waals surface area contributed by atoms with E-state index in [4.69, 9.17) is 23.2 Å². The van der Waals surface area contributed by atoms with Crippen LogP contribution < -0.4 is 5.32 Å². The number of halogens is 3. The van der Waals surface area contributed by atoms with E-state index in [1.165, 1.54) is 0 Å². The molecule has 0 saturated carbocycles. The summed E-state index contributed by atoms with van der Waals surface area (Å²) in [5.74, 6) is -0.199. The standard InChI is InChI=1S/C22H18BrCl2NO2/c1-11-2-3-13(6-16(11)23)15-10-21(28)26-19-8-14(9-20(27)22(15)19)12-4-5-17(24)18(25)7-12/h2-7,14-15H,8-10H2,1H3,(H,26,28). The van der Waals surface area contributed by atoms with Crippen molar-refractivity contribution in [2.45, 2.75) is 38.0 Å². The molecule has 28 heavy (non-hydrogen) atoms. The number of hydrogen-bond donors (Lipinski definition) is 1. The lowest BCUT2D eigenvalue weighted by Gasteiger charge is -2.34. The van der Waals surface area contributed by atoms with Crippen molar-refractivity contribution in [3.05, 3.63) is 78.9 Å². The van der Waals surface area contributed by atoms with Gasteiger partial charge in [-0.1, -0.05) is 57.3 Å². The zero-order chi connectivity index (χ0) is 20.0. The Morgan fingerprint density at radius 3 is 2.43 bits per heavy atom. The van der Waals surface area contributed by atoms with Gasteiger partial charge >= 0.3 is 0 Å². The molecule has 1 N–H and O–H groups in total. The number of amides is 1. The molecule has 2 aromatic carbocycles. The second kappa shape index (κ2) is 7.66. The van der Waals surface area contributed by atoms with E-state index in [0.29, 0.717) is 22.9 Å². The van der Waals surface area contributed by atoms with Gasteiger partial charge in [-0.25, -0.2) is 0 Å². The lowest BCUT2D eigenvalue weighted by atomic mass is 9.73. The van der Waals surface area contributed by atoms with Gasteiger partial charge < -0.3 is 5.32 Å². The van der Waals surface area contributed by atoms with Crippen molar-refractivity contribution in [1.29, 1.82) is 0 Å². The van der Waals surface area contributed by atoms with Crippen LogP contribution in [0.1, 0.15) is 47.8 Å². The van der Waals surface area contributed by atoms with Crippen molar-refractivity contribution in [3.8, 4) is 0 Å². The Balaban J connectivity index is 1.72. The molecule has 0 saturated heterocycles. The van der Waals surface area contributed by atoms with E-state index in [1.54, 1.807) is 6.07 Å². The second-order valence-electron chi connectivity index (χ2n) is 7.41. The number of benzene rings is 2. The van der Waals surface area contributed by atoms with E-state index in [0.717, 1.165) is 32.4 Å². The van der Waals surface area contributed by atoms with Crippen LogP contribution in [0.2, 0.25) is 10.0 Å². The third kappa shape index (κ3) is 3.66. The smallest absolute Gasteiger partial charge is 0.225 e. The summed E-state index contributed by atoms with van der Waals surface area (Å²) in [6, 6.07) is 11.5. The molecule has 2 aliphatic rings. The van der Waals surface area contributed by atoms with Gasteiger partial charge in [0.25, 0.3) is 0 Å². The minimum Gasteiger partial charge on any atom is -0.329 e. The number of carbonyl (C=O) groups excluding carboxylic acids is 2. The summed E-state index contributed by atoms with van der Waals surface area (Å²) in [5, 5.41) is 3.91. The monoisotopic (exact) mass is 477 g/mol. The van der Waals surface area contributed by atoms with Gasteiger partial charge in [0.2, 0.25) is 5.91 Å². The molecule has 1 aliphatic heterocycles. The number of nitrogens with one attached hydrogen (secondary N) is 1. The number of aryl methyl sites for hydroxylation is 1. The van der Waals surface area contributed by atoms with Crippen LogP contribution in [-0.4, -0.2) is 11.7 Å². The molecule has 1 amide bonds. The van der Waals surface area contributed by atoms with Gasteiger partial charge in [0.05, 0.1) is 10.0 Å². The number of hydrogen-bond acceptors (Lipinski definition) is 2. The number of allylic oxidation sites excluding steroid dienone is 2. The molecular formula is C22H18BrCl2NO2. The van der Waals surface area contributed by atoms with Gasteiger partial charge in [-0.2, -0.15) is 0 Å². The summed E-state index contributed by atoms with van der Waals surface area (Å²) in [4.78, 5) is 25.5. The highest BCUT2D eigenvalue weighted by molar-refractivity contribution is 9.10. The van der Waals surface area contributed by atoms with Gasteiger partial charge in [-0.15, -0.1) is 0 Å². The highest BCUT2D eigenvalue weighted by Crippen LogP contribution is 2.43. The minimum absolute atomic E-state index is 0.0233. The van der Waals surface area contributed by atoms with Crippen molar-refractivity contribution < 1.29 is 9.59 Å². The van der Waals surface area contributed by atoms with E-state index >= 15 is 0 Å². The van der Waals surface area contributed by atoms with Gasteiger partial charge in [0, 0.05) is 34.5 Å². The predicted molar refractivity (Wildman–Crippen MR) is 115 cm³/mol. The molecule has 1 heterocycles. The van der Waals surface area contributed by atoms with E-state index in [1.807, 2.05) is 37.3 Å². The third-order valence-electron chi connectivity index (χ3n) is 5.55. The molecule has 0 aromatic heterocycles. The van der Waals surface area contributed by atoms with Crippen molar-refractivity contribution >= 4 is 50.8 Å². The van der Waals surface area contributed by atoms with Crippen LogP contribution in [0.15, 0.2) is 52.1 Å². The summed E-state index contributed by atoms with van der Waals surface area (Å²) in [6.07, 6.45) is 1.29. The molecule has 0 fully saturated rings. The molecular weight excluding hydrogens is 461 g/mol. The van der Waals surface area contributed by atoms with Gasteiger partial charge in [-0.3, -0.25) is 9.59 Å². The van der Waals surface area contributed by atoms with Crippen LogP contribution in [-0.2, 0) is 9.59 Å². The van der Waals surface area contributed by atoms with Crippen LogP contribution in [0.4, 0.5) is 0 Å². The molecule has 2 aromatic rings. The largest absolute Gasteiger partial charge is 0.329 e. The van der Waals surface area contributed by atoms with Crippen molar-refractivity contribution in [3.63, 3.8) is 0 Å². The zero-order valence-electron chi connectivity index (χ0n) is 15.2. The van der Waals surface area contributed by atoms with Crippen LogP contribution in [0.3, 0.4) is 0 Å². The first-order valence-electron chi connectivity index (χ1n) is 9.10. The molecule has 6 heteroatoms. The Morgan fingerprint density at radius 1 is 0.964 bits per heavy atom. The number of Topliss-reactive ketones (excluding diaryl/α,β-unsaturated/α-hetero) is 1. The summed E-state index contributed by atoms with van der Waals surface area (Å²) in [6.45, 7) is 2.01. The molecule has 144 valence electrons. The summed E-state index contributed by atoms with van der Waals surface area (Å²) < 4.78 is 0.982. The van der Waals surface area contributed by atoms with E-state index in [9.17, 15) is 9.59 Å². The Kier molecular flexibility index (Phi) is 5.38. The van der Waals surface area contributed by atoms with Gasteiger partial charge in [0.1, 0.15) is 0 Å². The fourth-order valence-electron chi connectivity index (χ4n) is 4.07. The molecule has 0 radical (unpaired) electrons. The first-order chi connectivity index (χ1) is 13.3. The second-order valence-corrected chi connectivity index (χ2v) is 9.08. The summed E-state index contributed by atoms with van der Waals surface area (Å²) in [7, 11) is 0. The van der Waals surface area contributed by atoms with E-state index in [-0.39, 0.29) is 29.9 Å². The Bertz CT molecular complexity index is 1030. The van der Waals surface area contributed by atoms with Crippen molar-refractivity contribution in [2.24, 2.45) is 0 Å². The number of rotatable bonds is 2. The predicted octanol–water partition coefficient (Wildman–Crippen LogP) is 6.07. The fraction of sp³-hybridized carbons (Fsp3) is 0.273. The first kappa shape index (κ1) is 19.7. The maximum Gasteiger partial charge on any atom is 0.225 e. The number of ketones is 1. The molecule has 2 unspecified atom stereocenters. The lowest BCUT2D eigenvalue weighted by molar-refractivity contribution is -0.122. The first-order valence-corrected chi connectivity index (χ1v) is 10.7. The van der Waals surface area contributed by atoms with Crippen LogP contribution >= 0.6 is 39.1 Å². The fourth-order valence-corrected chi connectivity index (χ4v) is 4.78. The summed E-state index contributed by atoms with van der Waals surface area (Å²) in [5.41, 5.74) is 4.55. The molecule has 2 atom stereocenters. The maximum atomic E-state index is 13.1. The van der Waals surface area contributed by atoms with Crippen LogP contribution in [0.5, 0.6) is 0 Å². The Hall–Kier alpha value is -1.62. The maximum absolute atomic E-state index is 13.1. The zero-order valence-corrected chi connectivity index (χ0v) is 18.3. The normalized spacial score (nSPS) is 22.1. The summed E-state index contributed by atoms with van der Waals surface area (Å²) >= 11 is 15.7. The minimum atomic E-state index is -0.206. The van der Waals surface area contributed by atoms with Crippen molar-refractivity contribution in [2.75, 3.05) is 0 Å².